The van der Waals surface area contributed by atoms with Gasteiger partial charge in [0.15, 0.2) is 0 Å². The molecular weight excluding hydrogens is 551 g/mol. The minimum Gasteiger partial charge on any atom is -1.00 e. The molecule has 2 aromatic heterocycles. The van der Waals surface area contributed by atoms with Gasteiger partial charge in [-0.15, -0.1) is 21.6 Å². The fourth-order valence-corrected chi connectivity index (χ4v) is 4.10. The molecule has 28 heavy (non-hydrogen) atoms. The third-order valence-electron chi connectivity index (χ3n) is 4.55. The number of aryl methyl sites for hydroxylation is 1. The second-order valence-corrected chi connectivity index (χ2v) is 8.26. The summed E-state index contributed by atoms with van der Waals surface area (Å²) in [5.41, 5.74) is 3.01. The van der Waals surface area contributed by atoms with Gasteiger partial charge in [0, 0.05) is 47.1 Å². The predicted octanol–water partition coefficient (Wildman–Crippen LogP) is 1.94. The molecule has 150 valence electrons. The van der Waals surface area contributed by atoms with Crippen LogP contribution in [0.15, 0.2) is 46.1 Å². The van der Waals surface area contributed by atoms with Crippen LogP contribution in [0.3, 0.4) is 0 Å². The topological polar surface area (TPSA) is 49.7 Å². The first-order chi connectivity index (χ1) is 13.0. The summed E-state index contributed by atoms with van der Waals surface area (Å²) >= 11 is 3.88. The van der Waals surface area contributed by atoms with Crippen LogP contribution in [-0.4, -0.2) is 22.6 Å². The molecule has 0 radical (unpaired) electrons. The van der Waals surface area contributed by atoms with Crippen molar-refractivity contribution in [3.8, 4) is 0 Å². The summed E-state index contributed by atoms with van der Waals surface area (Å²) in [6.07, 6.45) is 2.20. The maximum atomic E-state index is 4.30. The maximum Gasteiger partial charge on any atom is 0.253 e. The summed E-state index contributed by atoms with van der Waals surface area (Å²) in [6.45, 7) is 9.18. The lowest BCUT2D eigenvalue weighted by Crippen LogP contribution is -3.00. The van der Waals surface area contributed by atoms with Crippen LogP contribution in [-0.2, 0) is 13.6 Å². The fraction of sp³-hybridized carbons (Fsp3) is 0.368. The van der Waals surface area contributed by atoms with E-state index in [1.54, 1.807) is 0 Å². The van der Waals surface area contributed by atoms with E-state index in [0.717, 1.165) is 31.0 Å². The van der Waals surface area contributed by atoms with Crippen molar-refractivity contribution in [2.24, 2.45) is 17.3 Å². The highest BCUT2D eigenvalue weighted by molar-refractivity contribution is 14.1. The quantitative estimate of drug-likeness (QED) is 0.246. The van der Waals surface area contributed by atoms with Gasteiger partial charge in [-0.3, -0.25) is 0 Å². The molecule has 0 aliphatic rings. The molecule has 0 bridgehead atoms. The summed E-state index contributed by atoms with van der Waals surface area (Å²) in [5.74, 6) is 1.27. The van der Waals surface area contributed by atoms with Crippen molar-refractivity contribution in [1.82, 2.24) is 9.55 Å². The summed E-state index contributed by atoms with van der Waals surface area (Å²) in [7, 11) is 2.10. The number of hydrogen-bond acceptors (Lipinski definition) is 5. The van der Waals surface area contributed by atoms with E-state index in [2.05, 4.69) is 91.1 Å². The molecule has 6 nitrogen and oxygen atoms in total. The molecule has 0 spiro atoms. The summed E-state index contributed by atoms with van der Waals surface area (Å²) in [6, 6.07) is 8.23. The lowest BCUT2D eigenvalue weighted by Gasteiger charge is -2.22. The molecule has 0 aliphatic heterocycles. The Bertz CT molecular complexity index is 935. The minimum absolute atomic E-state index is 0. The van der Waals surface area contributed by atoms with E-state index in [-0.39, 0.29) is 17.0 Å². The number of halogens is 2. The van der Waals surface area contributed by atoms with Gasteiger partial charge in [-0.2, -0.15) is 0 Å². The molecule has 0 atom stereocenters. The van der Waals surface area contributed by atoms with Gasteiger partial charge in [-0.1, -0.05) is 0 Å². The molecule has 0 saturated carbocycles. The molecule has 0 amide bonds. The van der Waals surface area contributed by atoms with Gasteiger partial charge in [0.2, 0.25) is 8.83 Å². The zero-order chi connectivity index (χ0) is 19.4. The van der Waals surface area contributed by atoms with Crippen LogP contribution >= 0.6 is 33.9 Å². The Labute approximate surface area is 194 Å². The van der Waals surface area contributed by atoms with E-state index in [4.69, 9.17) is 0 Å². The number of aromatic nitrogens is 3. The van der Waals surface area contributed by atoms with Gasteiger partial charge >= 0.3 is 0 Å². The number of thiazole rings is 1. The van der Waals surface area contributed by atoms with Crippen LogP contribution in [0.25, 0.3) is 0 Å². The number of hydrogen-bond donors (Lipinski definition) is 0. The number of likely N-dealkylation sites (N-methyl/N-ethyl adjacent to an activating group) is 1. The van der Waals surface area contributed by atoms with Gasteiger partial charge in [0.1, 0.15) is 12.7 Å². The zero-order valence-corrected chi connectivity index (χ0v) is 21.0. The molecule has 0 unspecified atom stereocenters. The summed E-state index contributed by atoms with van der Waals surface area (Å²) in [5, 5.41) is 11.1. The van der Waals surface area contributed by atoms with Crippen molar-refractivity contribution in [3.63, 3.8) is 0 Å². The van der Waals surface area contributed by atoms with Crippen molar-refractivity contribution in [2.75, 3.05) is 18.0 Å². The standard InChI is InChI=1S/C19H24IN6S.BrH/c1-5-25(10-11-26-12-18(20)24(4)15(26)3)17-8-6-16(7-9-17)22-23-19-21-14(2)13-27-19;/h6-9,12-13H,5,10-11H2,1-4H3;1H/q+1;/p-1. The molecule has 9 heteroatoms. The summed E-state index contributed by atoms with van der Waals surface area (Å²) < 4.78 is 5.77. The monoisotopic (exact) mass is 574 g/mol. The van der Waals surface area contributed by atoms with Crippen molar-refractivity contribution >= 4 is 50.4 Å². The van der Waals surface area contributed by atoms with E-state index < -0.39 is 0 Å². The van der Waals surface area contributed by atoms with Gasteiger partial charge in [-0.05, 0) is 38.1 Å². The molecule has 0 fully saturated rings. The summed E-state index contributed by atoms with van der Waals surface area (Å²) in [4.78, 5) is 6.67. The van der Waals surface area contributed by atoms with Crippen LogP contribution in [0.2, 0.25) is 0 Å². The lowest BCUT2D eigenvalue weighted by atomic mass is 10.2. The maximum absolute atomic E-state index is 4.30. The number of benzene rings is 1. The van der Waals surface area contributed by atoms with Crippen LogP contribution < -0.4 is 26.4 Å². The highest BCUT2D eigenvalue weighted by atomic mass is 127. The van der Waals surface area contributed by atoms with Crippen molar-refractivity contribution in [2.45, 2.75) is 27.3 Å². The number of nitrogens with zero attached hydrogens (tertiary/aromatic N) is 6. The largest absolute Gasteiger partial charge is 1.00 e. The minimum atomic E-state index is 0. The lowest BCUT2D eigenvalue weighted by molar-refractivity contribution is -0.700. The zero-order valence-electron chi connectivity index (χ0n) is 16.4. The molecule has 2 heterocycles. The van der Waals surface area contributed by atoms with E-state index in [9.17, 15) is 0 Å². The third kappa shape index (κ3) is 5.60. The first kappa shape index (κ1) is 23.0. The molecule has 0 saturated heterocycles. The van der Waals surface area contributed by atoms with Crippen molar-refractivity contribution in [1.29, 1.82) is 0 Å². The Morgan fingerprint density at radius 3 is 2.46 bits per heavy atom. The Kier molecular flexibility index (Phi) is 8.56. The second kappa shape index (κ2) is 10.4. The Hall–Kier alpha value is -1.33. The van der Waals surface area contributed by atoms with Crippen LogP contribution in [0, 0.1) is 17.5 Å². The Balaban J connectivity index is 0.00000280. The molecule has 1 aromatic carbocycles. The van der Waals surface area contributed by atoms with E-state index in [1.807, 2.05) is 24.4 Å². The van der Waals surface area contributed by atoms with E-state index in [1.165, 1.54) is 26.5 Å². The smallest absolute Gasteiger partial charge is 0.253 e. The predicted molar refractivity (Wildman–Crippen MR) is 118 cm³/mol. The van der Waals surface area contributed by atoms with Crippen LogP contribution in [0.5, 0.6) is 0 Å². The number of imidazole rings is 1. The van der Waals surface area contributed by atoms with Crippen molar-refractivity contribution in [3.05, 3.63) is 51.1 Å². The van der Waals surface area contributed by atoms with Crippen molar-refractivity contribution < 1.29 is 21.5 Å². The van der Waals surface area contributed by atoms with Crippen LogP contribution in [0.4, 0.5) is 16.5 Å². The first-order valence-electron chi connectivity index (χ1n) is 8.88. The number of anilines is 1. The average molecular weight is 575 g/mol. The third-order valence-corrected chi connectivity index (χ3v) is 6.39. The van der Waals surface area contributed by atoms with E-state index in [0.29, 0.717) is 5.13 Å². The fourth-order valence-electron chi connectivity index (χ4n) is 2.80. The van der Waals surface area contributed by atoms with Gasteiger partial charge in [0.25, 0.3) is 5.82 Å². The Morgan fingerprint density at radius 1 is 1.21 bits per heavy atom. The SMILES string of the molecule is CCN(CC[n+]1cc(I)n(C)c1C)c1ccc(N=Nc2nc(C)cs2)cc1.[Br-]. The molecule has 3 rings (SSSR count). The van der Waals surface area contributed by atoms with E-state index >= 15 is 0 Å². The molecular formula is C19H24BrIN6S. The normalized spacial score (nSPS) is 11.0. The molecule has 0 aliphatic carbocycles. The van der Waals surface area contributed by atoms with Crippen LogP contribution in [0.1, 0.15) is 18.4 Å². The van der Waals surface area contributed by atoms with Gasteiger partial charge < -0.3 is 21.9 Å². The molecule has 3 aromatic rings. The first-order valence-corrected chi connectivity index (χ1v) is 10.8. The number of rotatable bonds is 7. The highest BCUT2D eigenvalue weighted by Gasteiger charge is 2.15. The second-order valence-electron chi connectivity index (χ2n) is 6.32. The number of azo groups is 1. The molecule has 0 N–H and O–H groups in total. The Morgan fingerprint density at radius 2 is 1.93 bits per heavy atom. The van der Waals surface area contributed by atoms with Gasteiger partial charge in [-0.25, -0.2) is 14.1 Å². The average Bonchev–Trinajstić information content (AvgIpc) is 3.20. The van der Waals surface area contributed by atoms with Gasteiger partial charge in [0.05, 0.1) is 25.0 Å². The highest BCUT2D eigenvalue weighted by Crippen LogP contribution is 2.24.